The molecule has 0 aliphatic heterocycles. The molecule has 0 saturated carbocycles. The van der Waals surface area contributed by atoms with E-state index in [4.69, 9.17) is 0 Å². The number of hydrogen-bond donors (Lipinski definition) is 1. The molecule has 0 aliphatic rings. The zero-order valence-corrected chi connectivity index (χ0v) is 11.9. The summed E-state index contributed by atoms with van der Waals surface area (Å²) in [6.45, 7) is 11.0. The Kier molecular flexibility index (Phi) is 3.87. The van der Waals surface area contributed by atoms with Crippen molar-refractivity contribution in [2.75, 3.05) is 11.9 Å². The predicted octanol–water partition coefficient (Wildman–Crippen LogP) is 3.77. The molecule has 2 heterocycles. The van der Waals surface area contributed by atoms with Crippen LogP contribution in [0.4, 0.5) is 5.95 Å². The van der Waals surface area contributed by atoms with Crippen LogP contribution in [0, 0.1) is 13.8 Å². The van der Waals surface area contributed by atoms with Crippen LogP contribution < -0.4 is 5.32 Å². The van der Waals surface area contributed by atoms with Gasteiger partial charge >= 0.3 is 0 Å². The number of hydrogen-bond acceptors (Lipinski definition) is 3. The maximum Gasteiger partial charge on any atom is 0.203 e. The lowest BCUT2D eigenvalue weighted by molar-refractivity contribution is 0.644. The molecule has 0 saturated heterocycles. The molecule has 2 aromatic heterocycles. The van der Waals surface area contributed by atoms with Crippen LogP contribution in [-0.4, -0.2) is 16.1 Å². The van der Waals surface area contributed by atoms with E-state index in [0.717, 1.165) is 12.5 Å². The fraction of sp³-hybridized carbons (Fsp3) is 0.357. The number of aromatic nitrogens is 2. The zero-order chi connectivity index (χ0) is 13.1. The Morgan fingerprint density at radius 2 is 2.33 bits per heavy atom. The van der Waals surface area contributed by atoms with Crippen molar-refractivity contribution in [1.82, 2.24) is 9.55 Å². The van der Waals surface area contributed by atoms with Gasteiger partial charge in [-0.2, -0.15) is 0 Å². The van der Waals surface area contributed by atoms with Gasteiger partial charge in [0.2, 0.25) is 5.95 Å². The van der Waals surface area contributed by atoms with Crippen molar-refractivity contribution in [2.45, 2.75) is 26.8 Å². The number of anilines is 1. The van der Waals surface area contributed by atoms with Gasteiger partial charge in [0.25, 0.3) is 0 Å². The summed E-state index contributed by atoms with van der Waals surface area (Å²) in [6.07, 6.45) is 5.68. The van der Waals surface area contributed by atoms with E-state index in [9.17, 15) is 0 Å². The third-order valence-corrected chi connectivity index (χ3v) is 4.00. The van der Waals surface area contributed by atoms with Gasteiger partial charge in [0.1, 0.15) is 0 Å². The van der Waals surface area contributed by atoms with Gasteiger partial charge in [-0.3, -0.25) is 0 Å². The molecule has 0 aromatic carbocycles. The molecule has 0 aliphatic carbocycles. The van der Waals surface area contributed by atoms with Gasteiger partial charge in [-0.1, -0.05) is 6.08 Å². The van der Waals surface area contributed by atoms with E-state index >= 15 is 0 Å². The van der Waals surface area contributed by atoms with E-state index in [-0.39, 0.29) is 0 Å². The number of imidazole rings is 1. The Bertz CT molecular complexity index is 539. The van der Waals surface area contributed by atoms with Gasteiger partial charge < -0.3 is 9.88 Å². The fourth-order valence-corrected chi connectivity index (χ4v) is 3.16. The highest BCUT2D eigenvalue weighted by molar-refractivity contribution is 7.12. The van der Waals surface area contributed by atoms with Gasteiger partial charge in [0, 0.05) is 28.7 Å². The SMILES string of the molecule is C=CCNc1nccn1C(C)c1cc(C)sc1C. The van der Waals surface area contributed by atoms with Crippen molar-refractivity contribution in [3.8, 4) is 0 Å². The summed E-state index contributed by atoms with van der Waals surface area (Å²) in [5.41, 5.74) is 1.37. The van der Waals surface area contributed by atoms with Gasteiger partial charge in [0.15, 0.2) is 0 Å². The topological polar surface area (TPSA) is 29.9 Å². The molecule has 2 aromatic rings. The van der Waals surface area contributed by atoms with Crippen LogP contribution in [0.15, 0.2) is 31.1 Å². The smallest absolute Gasteiger partial charge is 0.203 e. The molecule has 2 rings (SSSR count). The molecule has 0 bridgehead atoms. The normalized spacial score (nSPS) is 12.4. The predicted molar refractivity (Wildman–Crippen MR) is 78.5 cm³/mol. The molecule has 1 N–H and O–H groups in total. The summed E-state index contributed by atoms with van der Waals surface area (Å²) >= 11 is 1.85. The van der Waals surface area contributed by atoms with E-state index in [1.807, 2.05) is 29.8 Å². The van der Waals surface area contributed by atoms with Crippen LogP contribution in [-0.2, 0) is 0 Å². The Labute approximate surface area is 112 Å². The van der Waals surface area contributed by atoms with Gasteiger partial charge in [-0.05, 0) is 32.4 Å². The van der Waals surface area contributed by atoms with E-state index < -0.39 is 0 Å². The second-order valence-electron chi connectivity index (χ2n) is 4.37. The first kappa shape index (κ1) is 12.9. The molecule has 3 nitrogen and oxygen atoms in total. The Morgan fingerprint density at radius 1 is 1.56 bits per heavy atom. The molecule has 96 valence electrons. The van der Waals surface area contributed by atoms with Crippen molar-refractivity contribution in [1.29, 1.82) is 0 Å². The third kappa shape index (κ3) is 2.48. The van der Waals surface area contributed by atoms with Crippen molar-refractivity contribution in [3.05, 3.63) is 46.4 Å². The highest BCUT2D eigenvalue weighted by Gasteiger charge is 2.15. The second kappa shape index (κ2) is 5.40. The summed E-state index contributed by atoms with van der Waals surface area (Å²) in [5, 5.41) is 3.26. The molecule has 0 radical (unpaired) electrons. The number of aryl methyl sites for hydroxylation is 2. The summed E-state index contributed by atoms with van der Waals surface area (Å²) in [6, 6.07) is 2.56. The standard InChI is InChI=1S/C14H19N3S/c1-5-6-15-14-16-7-8-17(14)11(3)13-9-10(2)18-12(13)4/h5,7-9,11H,1,6H2,2-4H3,(H,15,16). The molecule has 0 fully saturated rings. The van der Waals surface area contributed by atoms with Crippen LogP contribution in [0.25, 0.3) is 0 Å². The number of thiophene rings is 1. The van der Waals surface area contributed by atoms with Crippen LogP contribution >= 0.6 is 11.3 Å². The Morgan fingerprint density at radius 3 is 2.94 bits per heavy atom. The van der Waals surface area contributed by atoms with Gasteiger partial charge in [-0.25, -0.2) is 4.98 Å². The summed E-state index contributed by atoms with van der Waals surface area (Å²) in [5.74, 6) is 0.894. The number of rotatable bonds is 5. The van der Waals surface area contributed by atoms with E-state index in [1.165, 1.54) is 15.3 Å². The molecular formula is C14H19N3S. The minimum atomic E-state index is 0.296. The molecule has 1 unspecified atom stereocenters. The molecule has 0 spiro atoms. The van der Waals surface area contributed by atoms with Crippen LogP contribution in [0.5, 0.6) is 0 Å². The average Bonchev–Trinajstić information content (AvgIpc) is 2.92. The lowest BCUT2D eigenvalue weighted by Crippen LogP contribution is -2.11. The van der Waals surface area contributed by atoms with Crippen molar-refractivity contribution >= 4 is 17.3 Å². The number of nitrogens with one attached hydrogen (secondary N) is 1. The minimum Gasteiger partial charge on any atom is -0.352 e. The van der Waals surface area contributed by atoms with E-state index in [1.54, 1.807) is 0 Å². The second-order valence-corrected chi connectivity index (χ2v) is 5.83. The highest BCUT2D eigenvalue weighted by Crippen LogP contribution is 2.30. The van der Waals surface area contributed by atoms with Gasteiger partial charge in [0.05, 0.1) is 6.04 Å². The van der Waals surface area contributed by atoms with Crippen molar-refractivity contribution < 1.29 is 0 Å². The van der Waals surface area contributed by atoms with Crippen LogP contribution in [0.3, 0.4) is 0 Å². The monoisotopic (exact) mass is 261 g/mol. The zero-order valence-electron chi connectivity index (χ0n) is 11.1. The average molecular weight is 261 g/mol. The molecule has 18 heavy (non-hydrogen) atoms. The lowest BCUT2D eigenvalue weighted by Gasteiger charge is -2.16. The first-order chi connectivity index (χ1) is 8.63. The summed E-state index contributed by atoms with van der Waals surface area (Å²) < 4.78 is 2.16. The summed E-state index contributed by atoms with van der Waals surface area (Å²) in [7, 11) is 0. The first-order valence-electron chi connectivity index (χ1n) is 6.08. The Hall–Kier alpha value is -1.55. The Balaban J connectivity index is 2.28. The quantitative estimate of drug-likeness (QED) is 0.830. The van der Waals surface area contributed by atoms with E-state index in [2.05, 4.69) is 48.3 Å². The minimum absolute atomic E-state index is 0.296. The molecular weight excluding hydrogens is 242 g/mol. The molecule has 1 atom stereocenters. The van der Waals surface area contributed by atoms with Gasteiger partial charge in [-0.15, -0.1) is 17.9 Å². The molecule has 0 amide bonds. The highest BCUT2D eigenvalue weighted by atomic mass is 32.1. The summed E-state index contributed by atoms with van der Waals surface area (Å²) in [4.78, 5) is 7.08. The third-order valence-electron chi connectivity index (χ3n) is 3.02. The van der Waals surface area contributed by atoms with Crippen LogP contribution in [0.2, 0.25) is 0 Å². The maximum absolute atomic E-state index is 4.34. The number of nitrogens with zero attached hydrogens (tertiary/aromatic N) is 2. The van der Waals surface area contributed by atoms with E-state index in [0.29, 0.717) is 6.04 Å². The lowest BCUT2D eigenvalue weighted by atomic mass is 10.1. The largest absolute Gasteiger partial charge is 0.352 e. The van der Waals surface area contributed by atoms with Crippen molar-refractivity contribution in [2.24, 2.45) is 0 Å². The fourth-order valence-electron chi connectivity index (χ4n) is 2.14. The van der Waals surface area contributed by atoms with Crippen molar-refractivity contribution in [3.63, 3.8) is 0 Å². The maximum atomic E-state index is 4.34. The van der Waals surface area contributed by atoms with Crippen LogP contribution in [0.1, 0.15) is 28.3 Å². The molecule has 4 heteroatoms. The first-order valence-corrected chi connectivity index (χ1v) is 6.89.